The summed E-state index contributed by atoms with van der Waals surface area (Å²) in [6.07, 6.45) is 8.46. The molecule has 10 heteroatoms. The first-order valence-corrected chi connectivity index (χ1v) is 13.2. The summed E-state index contributed by atoms with van der Waals surface area (Å²) in [6, 6.07) is 11.4. The van der Waals surface area contributed by atoms with E-state index in [1.165, 1.54) is 0 Å². The molecule has 4 aromatic rings. The quantitative estimate of drug-likeness (QED) is 0.409. The Labute approximate surface area is 223 Å². The maximum absolute atomic E-state index is 13.4. The summed E-state index contributed by atoms with van der Waals surface area (Å²) in [4.78, 5) is 47.9. The van der Waals surface area contributed by atoms with Crippen molar-refractivity contribution in [3.05, 3.63) is 71.3 Å². The molecule has 6 heterocycles. The van der Waals surface area contributed by atoms with Crippen molar-refractivity contribution < 1.29 is 14.4 Å². The Morgan fingerprint density at radius 3 is 2.62 bits per heavy atom. The van der Waals surface area contributed by atoms with E-state index in [0.29, 0.717) is 47.5 Å². The lowest BCUT2D eigenvalue weighted by atomic mass is 9.97. The predicted molar refractivity (Wildman–Crippen MR) is 143 cm³/mol. The molecule has 10 nitrogen and oxygen atoms in total. The van der Waals surface area contributed by atoms with Gasteiger partial charge in [-0.1, -0.05) is 6.07 Å². The molecular weight excluding hydrogens is 494 g/mol. The summed E-state index contributed by atoms with van der Waals surface area (Å²) in [6.45, 7) is 2.93. The molecule has 0 unspecified atom stereocenters. The molecule has 7 rings (SSSR count). The topological polar surface area (TPSA) is 116 Å². The third-order valence-electron chi connectivity index (χ3n) is 7.92. The van der Waals surface area contributed by atoms with Crippen molar-refractivity contribution in [2.45, 2.75) is 32.4 Å². The fourth-order valence-electron chi connectivity index (χ4n) is 6.13. The smallest absolute Gasteiger partial charge is 0.320 e. The van der Waals surface area contributed by atoms with Crippen molar-refractivity contribution in [2.24, 2.45) is 0 Å². The zero-order valence-corrected chi connectivity index (χ0v) is 21.2. The second-order valence-electron chi connectivity index (χ2n) is 10.2. The number of hydrogen-bond acceptors (Lipinski definition) is 5. The normalized spacial score (nSPS) is 17.6. The van der Waals surface area contributed by atoms with Crippen LogP contribution in [0.5, 0.6) is 0 Å². The molecule has 0 radical (unpaired) electrons. The van der Waals surface area contributed by atoms with Gasteiger partial charge < -0.3 is 14.4 Å². The number of likely N-dealkylation sites (tertiary alicyclic amines) is 1. The van der Waals surface area contributed by atoms with Gasteiger partial charge in [0, 0.05) is 56.1 Å². The molecular formula is C29H25N7O3. The Morgan fingerprint density at radius 2 is 1.79 bits per heavy atom. The number of rotatable bonds is 2. The number of fused-ring (bicyclic) bond motifs is 1. The Kier molecular flexibility index (Phi) is 5.26. The van der Waals surface area contributed by atoms with E-state index in [4.69, 9.17) is 0 Å². The number of imide groups is 1. The van der Waals surface area contributed by atoms with Crippen molar-refractivity contribution in [1.82, 2.24) is 29.1 Å². The van der Waals surface area contributed by atoms with Gasteiger partial charge in [0.25, 0.3) is 11.8 Å². The number of amides is 4. The lowest BCUT2D eigenvalue weighted by Crippen LogP contribution is -2.45. The monoisotopic (exact) mass is 519 g/mol. The van der Waals surface area contributed by atoms with Gasteiger partial charge in [-0.25, -0.2) is 9.78 Å². The maximum atomic E-state index is 13.4. The van der Waals surface area contributed by atoms with Crippen LogP contribution in [0.1, 0.15) is 41.6 Å². The summed E-state index contributed by atoms with van der Waals surface area (Å²) in [5, 5.41) is 13.0. The molecule has 1 aromatic carbocycles. The lowest BCUT2D eigenvalue weighted by molar-refractivity contribution is -0.122. The molecule has 1 saturated heterocycles. The molecule has 0 atom stereocenters. The van der Waals surface area contributed by atoms with E-state index < -0.39 is 11.8 Å². The number of carbonyl (C=O) groups is 3. The second-order valence-corrected chi connectivity index (χ2v) is 10.2. The largest absolute Gasteiger partial charge is 0.345 e. The highest BCUT2D eigenvalue weighted by Crippen LogP contribution is 2.38. The average molecular weight is 520 g/mol. The van der Waals surface area contributed by atoms with Crippen molar-refractivity contribution in [3.8, 4) is 6.07 Å². The first kappa shape index (κ1) is 23.2. The summed E-state index contributed by atoms with van der Waals surface area (Å²) in [5.74, 6) is -0.966. The highest BCUT2D eigenvalue weighted by molar-refractivity contribution is 6.49. The number of pyridine rings is 1. The minimum absolute atomic E-state index is 0.0227. The highest BCUT2D eigenvalue weighted by atomic mass is 16.2. The molecule has 1 N–H and O–H groups in total. The van der Waals surface area contributed by atoms with E-state index in [1.54, 1.807) is 22.9 Å². The fraction of sp³-hybridized carbons (Fsp3) is 0.276. The molecule has 0 spiro atoms. The van der Waals surface area contributed by atoms with Crippen LogP contribution >= 0.6 is 0 Å². The van der Waals surface area contributed by atoms with Crippen LogP contribution in [0.3, 0.4) is 0 Å². The number of nitrogens with zero attached hydrogens (tertiary/aromatic N) is 6. The van der Waals surface area contributed by atoms with Crippen LogP contribution in [0.25, 0.3) is 27.7 Å². The molecule has 1 fully saturated rings. The van der Waals surface area contributed by atoms with Gasteiger partial charge in [-0.05, 0) is 49.1 Å². The highest BCUT2D eigenvalue weighted by Gasteiger charge is 2.36. The van der Waals surface area contributed by atoms with Crippen molar-refractivity contribution >= 4 is 45.5 Å². The number of piperidine rings is 1. The average Bonchev–Trinajstić information content (AvgIpc) is 3.58. The zero-order chi connectivity index (χ0) is 26.7. The lowest BCUT2D eigenvalue weighted by Gasteiger charge is -2.32. The summed E-state index contributed by atoms with van der Waals surface area (Å²) < 4.78 is 3.83. The van der Waals surface area contributed by atoms with Crippen LogP contribution in [0.15, 0.2) is 48.9 Å². The van der Waals surface area contributed by atoms with Gasteiger partial charge in [0.05, 0.1) is 40.2 Å². The second kappa shape index (κ2) is 8.84. The molecule has 0 saturated carbocycles. The third kappa shape index (κ3) is 3.61. The van der Waals surface area contributed by atoms with E-state index in [2.05, 4.69) is 16.4 Å². The molecule has 39 heavy (non-hydrogen) atoms. The maximum Gasteiger partial charge on any atom is 0.320 e. The standard InChI is InChI=1S/C29H25N7O3/c30-14-18-12-19-16-35(29(39)33-7-3-1-4-8-33)11-10-34-17-21(20(13-18)26(19)34)24-25(28(38)32-27(24)37)22-15-31-23-6-2-5-9-36(22)23/h2,5-6,9,12-13,15,17H,1,3-4,7-8,10-11,16H2,(H,32,37,38). The van der Waals surface area contributed by atoms with Gasteiger partial charge in [0.15, 0.2) is 0 Å². The molecule has 0 aliphatic carbocycles. The molecule has 0 bridgehead atoms. The molecule has 3 aliphatic rings. The van der Waals surface area contributed by atoms with Gasteiger partial charge in [-0.2, -0.15) is 5.26 Å². The number of benzene rings is 1. The molecule has 4 amide bonds. The number of aromatic nitrogens is 3. The zero-order valence-electron chi connectivity index (χ0n) is 21.2. The van der Waals surface area contributed by atoms with Gasteiger partial charge in [0.2, 0.25) is 0 Å². The van der Waals surface area contributed by atoms with Gasteiger partial charge in [-0.15, -0.1) is 0 Å². The number of nitriles is 1. The van der Waals surface area contributed by atoms with Gasteiger partial charge in [0.1, 0.15) is 5.65 Å². The Hall–Kier alpha value is -4.91. The van der Waals surface area contributed by atoms with Crippen LogP contribution in [-0.4, -0.2) is 61.2 Å². The van der Waals surface area contributed by atoms with Crippen LogP contribution in [0, 0.1) is 11.3 Å². The minimum atomic E-state index is -0.484. The summed E-state index contributed by atoms with van der Waals surface area (Å²) in [5.41, 5.74) is 4.43. The van der Waals surface area contributed by atoms with Gasteiger partial charge in [-0.3, -0.25) is 19.3 Å². The number of imidazole rings is 1. The number of hydrogen-bond donors (Lipinski definition) is 1. The predicted octanol–water partition coefficient (Wildman–Crippen LogP) is 3.15. The van der Waals surface area contributed by atoms with Crippen LogP contribution in [0.4, 0.5) is 4.79 Å². The number of nitrogens with one attached hydrogen (secondary N) is 1. The summed E-state index contributed by atoms with van der Waals surface area (Å²) >= 11 is 0. The number of urea groups is 1. The minimum Gasteiger partial charge on any atom is -0.345 e. The van der Waals surface area contributed by atoms with E-state index in [1.807, 2.05) is 44.8 Å². The van der Waals surface area contributed by atoms with Crippen molar-refractivity contribution in [3.63, 3.8) is 0 Å². The Morgan fingerprint density at radius 1 is 0.974 bits per heavy atom. The van der Waals surface area contributed by atoms with E-state index in [0.717, 1.165) is 43.4 Å². The SMILES string of the molecule is N#Cc1cc2c3c(c1)c(C1=C(c4cnc5ccccn45)C(=O)NC1=O)cn3CCN(C(=O)N1CCCCC1)C2. The fourth-order valence-corrected chi connectivity index (χ4v) is 6.13. The van der Waals surface area contributed by atoms with E-state index >= 15 is 0 Å². The summed E-state index contributed by atoms with van der Waals surface area (Å²) in [7, 11) is 0. The first-order valence-electron chi connectivity index (χ1n) is 13.2. The van der Waals surface area contributed by atoms with Crippen molar-refractivity contribution in [2.75, 3.05) is 19.6 Å². The molecule has 3 aromatic heterocycles. The third-order valence-corrected chi connectivity index (χ3v) is 7.92. The Balaban J connectivity index is 1.39. The number of carbonyl (C=O) groups excluding carboxylic acids is 3. The first-order chi connectivity index (χ1) is 19.0. The van der Waals surface area contributed by atoms with Gasteiger partial charge >= 0.3 is 6.03 Å². The Bertz CT molecular complexity index is 1780. The van der Waals surface area contributed by atoms with E-state index in [9.17, 15) is 19.6 Å². The molecule has 3 aliphatic heterocycles. The van der Waals surface area contributed by atoms with Crippen molar-refractivity contribution in [1.29, 1.82) is 5.26 Å². The van der Waals surface area contributed by atoms with Crippen LogP contribution in [-0.2, 0) is 22.7 Å². The molecule has 194 valence electrons. The van der Waals surface area contributed by atoms with Crippen LogP contribution in [0.2, 0.25) is 0 Å². The van der Waals surface area contributed by atoms with Crippen LogP contribution < -0.4 is 5.32 Å². The van der Waals surface area contributed by atoms with E-state index in [-0.39, 0.29) is 17.2 Å².